The Hall–Kier alpha value is -0.0800. The molecule has 0 aromatic rings. The predicted molar refractivity (Wildman–Crippen MR) is 85.7 cm³/mol. The van der Waals surface area contributed by atoms with E-state index in [4.69, 9.17) is 0 Å². The third-order valence-corrected chi connectivity index (χ3v) is 4.82. The van der Waals surface area contributed by atoms with E-state index >= 15 is 0 Å². The second-order valence-corrected chi connectivity index (χ2v) is 6.54. The van der Waals surface area contributed by atoms with E-state index in [1.54, 1.807) is 0 Å². The van der Waals surface area contributed by atoms with E-state index in [2.05, 4.69) is 38.0 Å². The number of nitrogens with one attached hydrogen (secondary N) is 1. The average Bonchev–Trinajstić information content (AvgIpc) is 2.44. The lowest BCUT2D eigenvalue weighted by Gasteiger charge is -2.36. The lowest BCUT2D eigenvalue weighted by atomic mass is 9.83. The van der Waals surface area contributed by atoms with Crippen LogP contribution in [-0.2, 0) is 0 Å². The van der Waals surface area contributed by atoms with Gasteiger partial charge >= 0.3 is 0 Å². The van der Waals surface area contributed by atoms with Crippen LogP contribution in [0.25, 0.3) is 0 Å². The Morgan fingerprint density at radius 2 is 1.79 bits per heavy atom. The van der Waals surface area contributed by atoms with Gasteiger partial charge in [0.15, 0.2) is 0 Å². The highest BCUT2D eigenvalue weighted by molar-refractivity contribution is 4.82. The molecular formula is C17H36N2. The Morgan fingerprint density at radius 1 is 1.11 bits per heavy atom. The Labute approximate surface area is 121 Å². The van der Waals surface area contributed by atoms with E-state index in [1.807, 2.05) is 0 Å². The van der Waals surface area contributed by atoms with Gasteiger partial charge in [0.1, 0.15) is 0 Å². The van der Waals surface area contributed by atoms with Crippen molar-refractivity contribution in [1.82, 2.24) is 10.2 Å². The molecule has 0 radical (unpaired) electrons. The van der Waals surface area contributed by atoms with E-state index in [9.17, 15) is 0 Å². The van der Waals surface area contributed by atoms with Crippen LogP contribution in [0.1, 0.15) is 72.1 Å². The maximum atomic E-state index is 3.83. The molecule has 0 aromatic heterocycles. The van der Waals surface area contributed by atoms with Crippen molar-refractivity contribution < 1.29 is 0 Å². The normalized spacial score (nSPS) is 20.7. The second kappa shape index (κ2) is 9.77. The van der Waals surface area contributed by atoms with Crippen LogP contribution in [0.4, 0.5) is 0 Å². The molecule has 2 nitrogen and oxygen atoms in total. The largest absolute Gasteiger partial charge is 0.312 e. The molecule has 1 rings (SSSR count). The van der Waals surface area contributed by atoms with Crippen LogP contribution < -0.4 is 5.32 Å². The van der Waals surface area contributed by atoms with E-state index in [0.29, 0.717) is 6.04 Å². The SMILES string of the molecule is CCCNC(CN(C)C(C)CCC)C1CCCCC1. The van der Waals surface area contributed by atoms with Crippen molar-refractivity contribution in [2.45, 2.75) is 84.2 Å². The molecule has 0 bridgehead atoms. The summed E-state index contributed by atoms with van der Waals surface area (Å²) in [5.74, 6) is 0.913. The van der Waals surface area contributed by atoms with Crippen LogP contribution in [0.2, 0.25) is 0 Å². The number of nitrogens with zero attached hydrogens (tertiary/aromatic N) is 1. The lowest BCUT2D eigenvalue weighted by Crippen LogP contribution is -2.47. The van der Waals surface area contributed by atoms with Gasteiger partial charge in [-0.15, -0.1) is 0 Å². The molecule has 0 aromatic carbocycles. The molecule has 1 fully saturated rings. The maximum absolute atomic E-state index is 3.83. The number of hydrogen-bond acceptors (Lipinski definition) is 2. The van der Waals surface area contributed by atoms with Crippen LogP contribution in [0.3, 0.4) is 0 Å². The summed E-state index contributed by atoms with van der Waals surface area (Å²) in [6, 6.07) is 1.43. The first kappa shape index (κ1) is 17.0. The van der Waals surface area contributed by atoms with E-state index in [1.165, 1.54) is 64.5 Å². The molecular weight excluding hydrogens is 232 g/mol. The molecule has 0 aliphatic heterocycles. The highest BCUT2D eigenvalue weighted by Crippen LogP contribution is 2.27. The summed E-state index contributed by atoms with van der Waals surface area (Å²) >= 11 is 0. The monoisotopic (exact) mass is 268 g/mol. The Kier molecular flexibility index (Phi) is 8.72. The minimum atomic E-state index is 0.713. The molecule has 114 valence electrons. The predicted octanol–water partition coefficient (Wildman–Crippen LogP) is 4.06. The zero-order valence-electron chi connectivity index (χ0n) is 13.8. The molecule has 2 unspecified atom stereocenters. The molecule has 1 N–H and O–H groups in total. The van der Waals surface area contributed by atoms with Gasteiger partial charge in [-0.1, -0.05) is 39.5 Å². The molecule has 0 amide bonds. The number of hydrogen-bond donors (Lipinski definition) is 1. The minimum Gasteiger partial charge on any atom is -0.312 e. The van der Waals surface area contributed by atoms with Crippen LogP contribution in [0.5, 0.6) is 0 Å². The summed E-state index contributed by atoms with van der Waals surface area (Å²) in [5, 5.41) is 3.83. The summed E-state index contributed by atoms with van der Waals surface area (Å²) < 4.78 is 0. The standard InChI is InChI=1S/C17H36N2/c1-5-10-15(3)19(4)14-17(18-13-6-2)16-11-8-7-9-12-16/h15-18H,5-14H2,1-4H3. The summed E-state index contributed by atoms with van der Waals surface area (Å²) in [7, 11) is 2.31. The summed E-state index contributed by atoms with van der Waals surface area (Å²) in [6.45, 7) is 9.34. The molecule has 2 atom stereocenters. The lowest BCUT2D eigenvalue weighted by molar-refractivity contribution is 0.170. The highest BCUT2D eigenvalue weighted by atomic mass is 15.1. The van der Waals surface area contributed by atoms with Gasteiger partial charge in [0.05, 0.1) is 0 Å². The first-order valence-electron chi connectivity index (χ1n) is 8.62. The quantitative estimate of drug-likeness (QED) is 0.678. The van der Waals surface area contributed by atoms with E-state index in [0.717, 1.165) is 12.0 Å². The van der Waals surface area contributed by atoms with Crippen LogP contribution in [0, 0.1) is 5.92 Å². The Morgan fingerprint density at radius 3 is 2.37 bits per heavy atom. The maximum Gasteiger partial charge on any atom is 0.0223 e. The van der Waals surface area contributed by atoms with Crippen LogP contribution >= 0.6 is 0 Å². The van der Waals surface area contributed by atoms with Gasteiger partial charge in [-0.25, -0.2) is 0 Å². The first-order chi connectivity index (χ1) is 9.19. The zero-order valence-corrected chi connectivity index (χ0v) is 13.8. The number of likely N-dealkylation sites (N-methyl/N-ethyl adjacent to an activating group) is 1. The van der Waals surface area contributed by atoms with Gasteiger partial charge in [-0.2, -0.15) is 0 Å². The summed E-state index contributed by atoms with van der Waals surface area (Å²) in [6.07, 6.45) is 11.1. The van der Waals surface area contributed by atoms with Crippen molar-refractivity contribution in [2.75, 3.05) is 20.1 Å². The van der Waals surface area contributed by atoms with Crippen molar-refractivity contribution >= 4 is 0 Å². The minimum absolute atomic E-state index is 0.713. The topological polar surface area (TPSA) is 15.3 Å². The van der Waals surface area contributed by atoms with Crippen LogP contribution in [0.15, 0.2) is 0 Å². The van der Waals surface area contributed by atoms with Gasteiger partial charge in [-0.05, 0) is 52.1 Å². The van der Waals surface area contributed by atoms with Gasteiger partial charge in [0.25, 0.3) is 0 Å². The fourth-order valence-corrected chi connectivity index (χ4v) is 3.37. The van der Waals surface area contributed by atoms with Gasteiger partial charge in [-0.3, -0.25) is 0 Å². The fourth-order valence-electron chi connectivity index (χ4n) is 3.37. The third kappa shape index (κ3) is 6.27. The molecule has 0 heterocycles. The zero-order chi connectivity index (χ0) is 14.1. The fraction of sp³-hybridized carbons (Fsp3) is 1.00. The van der Waals surface area contributed by atoms with Crippen LogP contribution in [-0.4, -0.2) is 37.1 Å². The van der Waals surface area contributed by atoms with Crippen molar-refractivity contribution in [3.63, 3.8) is 0 Å². The van der Waals surface area contributed by atoms with Crippen molar-refractivity contribution in [2.24, 2.45) is 5.92 Å². The summed E-state index contributed by atoms with van der Waals surface area (Å²) in [5.41, 5.74) is 0. The van der Waals surface area contributed by atoms with Gasteiger partial charge in [0, 0.05) is 18.6 Å². The van der Waals surface area contributed by atoms with Gasteiger partial charge in [0.2, 0.25) is 0 Å². The Balaban J connectivity index is 2.47. The second-order valence-electron chi connectivity index (χ2n) is 6.54. The Bertz CT molecular complexity index is 211. The van der Waals surface area contributed by atoms with E-state index in [-0.39, 0.29) is 0 Å². The molecule has 0 saturated heterocycles. The van der Waals surface area contributed by atoms with Crippen molar-refractivity contribution in [3.8, 4) is 0 Å². The average molecular weight is 268 g/mol. The van der Waals surface area contributed by atoms with Crippen molar-refractivity contribution in [1.29, 1.82) is 0 Å². The number of rotatable bonds is 9. The first-order valence-corrected chi connectivity index (χ1v) is 8.62. The molecule has 0 spiro atoms. The molecule has 19 heavy (non-hydrogen) atoms. The molecule has 1 aliphatic carbocycles. The highest BCUT2D eigenvalue weighted by Gasteiger charge is 2.25. The molecule has 1 saturated carbocycles. The summed E-state index contributed by atoms with van der Waals surface area (Å²) in [4.78, 5) is 2.57. The smallest absolute Gasteiger partial charge is 0.0223 e. The van der Waals surface area contributed by atoms with E-state index < -0.39 is 0 Å². The van der Waals surface area contributed by atoms with Gasteiger partial charge < -0.3 is 10.2 Å². The molecule has 1 aliphatic rings. The molecule has 2 heteroatoms. The third-order valence-electron chi connectivity index (χ3n) is 4.82. The van der Waals surface area contributed by atoms with Crippen molar-refractivity contribution in [3.05, 3.63) is 0 Å².